The van der Waals surface area contributed by atoms with Crippen molar-refractivity contribution in [2.75, 3.05) is 0 Å². The van der Waals surface area contributed by atoms with Crippen molar-refractivity contribution in [1.82, 2.24) is 0 Å². The smallest absolute Gasteiger partial charge is 0.429 e. The first kappa shape index (κ1) is 25.3. The third-order valence-corrected chi connectivity index (χ3v) is 6.37. The summed E-state index contributed by atoms with van der Waals surface area (Å²) in [5.41, 5.74) is 0.703. The molecule has 0 bridgehead atoms. The summed E-state index contributed by atoms with van der Waals surface area (Å²) in [5.74, 6) is 0.817. The molecule has 0 saturated heterocycles. The summed E-state index contributed by atoms with van der Waals surface area (Å²) < 4.78 is 74.1. The van der Waals surface area contributed by atoms with Gasteiger partial charge in [0.05, 0.1) is 5.56 Å². The zero-order valence-electron chi connectivity index (χ0n) is 18.8. The molecule has 0 N–H and O–H groups in total. The molecule has 0 atom stereocenters. The summed E-state index contributed by atoms with van der Waals surface area (Å²) in [4.78, 5) is 0. The SMILES string of the molecule is CCCCC1CCC(CCc2ccc(C(F)(F)Oc3ccc(OC(F)(F)F)cc3)cc2)CC1. The average molecular weight is 471 g/mol. The zero-order valence-corrected chi connectivity index (χ0v) is 18.8. The number of aryl methyl sites for hydroxylation is 1. The van der Waals surface area contributed by atoms with E-state index in [9.17, 15) is 22.0 Å². The average Bonchev–Trinajstić information content (AvgIpc) is 2.77. The van der Waals surface area contributed by atoms with Crippen LogP contribution in [0.15, 0.2) is 48.5 Å². The molecule has 1 saturated carbocycles. The molecule has 182 valence electrons. The molecule has 33 heavy (non-hydrogen) atoms. The van der Waals surface area contributed by atoms with E-state index in [1.165, 1.54) is 57.1 Å². The van der Waals surface area contributed by atoms with Crippen molar-refractivity contribution in [1.29, 1.82) is 0 Å². The van der Waals surface area contributed by atoms with Crippen molar-refractivity contribution < 1.29 is 31.4 Å². The molecule has 1 aliphatic rings. The molecule has 0 aliphatic heterocycles. The second-order valence-corrected chi connectivity index (χ2v) is 8.90. The van der Waals surface area contributed by atoms with E-state index in [0.717, 1.165) is 48.6 Å². The van der Waals surface area contributed by atoms with Crippen molar-refractivity contribution in [3.8, 4) is 11.5 Å². The number of halogens is 5. The number of rotatable bonds is 10. The highest BCUT2D eigenvalue weighted by Crippen LogP contribution is 2.35. The van der Waals surface area contributed by atoms with E-state index in [0.29, 0.717) is 5.92 Å². The van der Waals surface area contributed by atoms with Crippen LogP contribution in [0.4, 0.5) is 22.0 Å². The van der Waals surface area contributed by atoms with Crippen LogP contribution in [0, 0.1) is 11.8 Å². The molecule has 0 amide bonds. The Morgan fingerprint density at radius 3 is 1.76 bits per heavy atom. The van der Waals surface area contributed by atoms with E-state index < -0.39 is 18.2 Å². The van der Waals surface area contributed by atoms with Crippen molar-refractivity contribution in [3.63, 3.8) is 0 Å². The quantitative estimate of drug-likeness (QED) is 0.324. The van der Waals surface area contributed by atoms with Gasteiger partial charge in [0.1, 0.15) is 11.5 Å². The summed E-state index contributed by atoms with van der Waals surface area (Å²) >= 11 is 0. The van der Waals surface area contributed by atoms with Crippen LogP contribution in [0.25, 0.3) is 0 Å². The maximum atomic E-state index is 14.5. The van der Waals surface area contributed by atoms with E-state index in [-0.39, 0.29) is 11.3 Å². The van der Waals surface area contributed by atoms with Crippen molar-refractivity contribution >= 4 is 0 Å². The van der Waals surface area contributed by atoms with Crippen LogP contribution in [-0.2, 0) is 12.5 Å². The highest BCUT2D eigenvalue weighted by molar-refractivity contribution is 5.33. The van der Waals surface area contributed by atoms with Crippen LogP contribution < -0.4 is 9.47 Å². The van der Waals surface area contributed by atoms with Gasteiger partial charge in [-0.3, -0.25) is 0 Å². The monoisotopic (exact) mass is 470 g/mol. The number of alkyl halides is 5. The van der Waals surface area contributed by atoms with Gasteiger partial charge in [0.2, 0.25) is 0 Å². The molecule has 0 spiro atoms. The Bertz CT molecular complexity index is 838. The number of hydrogen-bond acceptors (Lipinski definition) is 2. The second-order valence-electron chi connectivity index (χ2n) is 8.90. The van der Waals surface area contributed by atoms with Crippen molar-refractivity contribution in [3.05, 3.63) is 59.7 Å². The largest absolute Gasteiger partial charge is 0.573 e. The third-order valence-electron chi connectivity index (χ3n) is 6.37. The molecule has 2 aromatic rings. The lowest BCUT2D eigenvalue weighted by Gasteiger charge is -2.28. The van der Waals surface area contributed by atoms with Crippen molar-refractivity contribution in [2.45, 2.75) is 77.2 Å². The first-order chi connectivity index (χ1) is 15.6. The number of hydrogen-bond donors (Lipinski definition) is 0. The summed E-state index contributed by atoms with van der Waals surface area (Å²) in [6.07, 6.45) is 2.49. The van der Waals surface area contributed by atoms with E-state index in [4.69, 9.17) is 4.74 Å². The van der Waals surface area contributed by atoms with Gasteiger partial charge in [-0.15, -0.1) is 13.2 Å². The topological polar surface area (TPSA) is 18.5 Å². The van der Waals surface area contributed by atoms with Crippen LogP contribution in [-0.4, -0.2) is 6.36 Å². The molecule has 1 aliphatic carbocycles. The maximum absolute atomic E-state index is 14.5. The predicted octanol–water partition coefficient (Wildman–Crippen LogP) is 8.64. The van der Waals surface area contributed by atoms with E-state index in [1.54, 1.807) is 12.1 Å². The minimum Gasteiger partial charge on any atom is -0.429 e. The highest BCUT2D eigenvalue weighted by atomic mass is 19.4. The maximum Gasteiger partial charge on any atom is 0.573 e. The van der Waals surface area contributed by atoms with Gasteiger partial charge in [-0.1, -0.05) is 64.0 Å². The Labute approximate surface area is 192 Å². The molecule has 1 fully saturated rings. The first-order valence-corrected chi connectivity index (χ1v) is 11.7. The summed E-state index contributed by atoms with van der Waals surface area (Å²) in [5, 5.41) is 0. The second kappa shape index (κ2) is 11.2. The number of benzene rings is 2. The zero-order chi connectivity index (χ0) is 23.9. The Morgan fingerprint density at radius 2 is 1.24 bits per heavy atom. The molecule has 7 heteroatoms. The Hall–Kier alpha value is -2.31. The minimum atomic E-state index is -4.85. The molecule has 0 heterocycles. The first-order valence-electron chi connectivity index (χ1n) is 11.7. The Balaban J connectivity index is 1.48. The predicted molar refractivity (Wildman–Crippen MR) is 117 cm³/mol. The third kappa shape index (κ3) is 8.20. The molecule has 0 radical (unpaired) electrons. The van der Waals surface area contributed by atoms with Gasteiger partial charge in [0.15, 0.2) is 0 Å². The standard InChI is InChI=1S/C26H31F5O2/c1-2-3-4-19-5-7-20(8-6-19)9-10-21-11-13-22(14-12-21)25(27,28)32-23-15-17-24(18-16-23)33-26(29,30)31/h11-20H,2-10H2,1H3. The highest BCUT2D eigenvalue weighted by Gasteiger charge is 2.35. The van der Waals surface area contributed by atoms with Gasteiger partial charge < -0.3 is 9.47 Å². The van der Waals surface area contributed by atoms with Gasteiger partial charge in [0.25, 0.3) is 0 Å². The van der Waals surface area contributed by atoms with Gasteiger partial charge in [-0.2, -0.15) is 8.78 Å². The molecule has 3 rings (SSSR count). The van der Waals surface area contributed by atoms with E-state index >= 15 is 0 Å². The van der Waals surface area contributed by atoms with Crippen molar-refractivity contribution in [2.24, 2.45) is 11.8 Å². The number of unbranched alkanes of at least 4 members (excludes halogenated alkanes) is 1. The molecule has 2 nitrogen and oxygen atoms in total. The fourth-order valence-electron chi connectivity index (χ4n) is 4.45. The van der Waals surface area contributed by atoms with Gasteiger partial charge in [-0.25, -0.2) is 0 Å². The van der Waals surface area contributed by atoms with E-state index in [2.05, 4.69) is 11.7 Å². The minimum absolute atomic E-state index is 0.256. The van der Waals surface area contributed by atoms with E-state index in [1.807, 2.05) is 0 Å². The van der Waals surface area contributed by atoms with Crippen LogP contribution >= 0.6 is 0 Å². The lowest BCUT2D eigenvalue weighted by atomic mass is 9.78. The normalized spacial score (nSPS) is 19.3. The Kier molecular flexibility index (Phi) is 8.60. The van der Waals surface area contributed by atoms with Crippen LogP contribution in [0.5, 0.6) is 11.5 Å². The van der Waals surface area contributed by atoms with Crippen LogP contribution in [0.3, 0.4) is 0 Å². The summed E-state index contributed by atoms with van der Waals surface area (Å²) in [7, 11) is 0. The molecular formula is C26H31F5O2. The van der Waals surface area contributed by atoms with Gasteiger partial charge in [-0.05, 0) is 66.6 Å². The molecule has 0 unspecified atom stereocenters. The molecular weight excluding hydrogens is 439 g/mol. The Morgan fingerprint density at radius 1 is 0.727 bits per heavy atom. The molecule has 2 aromatic carbocycles. The summed E-state index contributed by atoms with van der Waals surface area (Å²) in [6.45, 7) is 2.23. The van der Waals surface area contributed by atoms with Crippen LogP contribution in [0.2, 0.25) is 0 Å². The lowest BCUT2D eigenvalue weighted by Crippen LogP contribution is -2.22. The molecule has 0 aromatic heterocycles. The number of ether oxygens (including phenoxy) is 2. The fraction of sp³-hybridized carbons (Fsp3) is 0.538. The lowest BCUT2D eigenvalue weighted by molar-refractivity contribution is -0.274. The summed E-state index contributed by atoms with van der Waals surface area (Å²) in [6, 6.07) is 9.97. The fourth-order valence-corrected chi connectivity index (χ4v) is 4.45. The van der Waals surface area contributed by atoms with Crippen LogP contribution in [0.1, 0.15) is 69.4 Å². The van der Waals surface area contributed by atoms with Gasteiger partial charge in [0, 0.05) is 0 Å². The van der Waals surface area contributed by atoms with Gasteiger partial charge >= 0.3 is 12.5 Å².